The number of nitrogens with one attached hydrogen (secondary N) is 1. The first-order valence-electron chi connectivity index (χ1n) is 5.16. The summed E-state index contributed by atoms with van der Waals surface area (Å²) in [6.07, 6.45) is 0. The molecule has 2 rings (SSSR count). The number of benzene rings is 1. The molecule has 0 saturated heterocycles. The SMILES string of the molecule is Cc1ccc(C(=O)Nc2nc(C)cs2)c(N)c1. The van der Waals surface area contributed by atoms with Crippen molar-refractivity contribution in [3.8, 4) is 0 Å². The maximum atomic E-state index is 11.9. The molecule has 0 saturated carbocycles. The van der Waals surface area contributed by atoms with Gasteiger partial charge in [0.2, 0.25) is 0 Å². The van der Waals surface area contributed by atoms with Crippen LogP contribution in [0.2, 0.25) is 0 Å². The van der Waals surface area contributed by atoms with Gasteiger partial charge in [0.05, 0.1) is 11.3 Å². The second kappa shape index (κ2) is 4.55. The van der Waals surface area contributed by atoms with Gasteiger partial charge in [0.15, 0.2) is 5.13 Å². The summed E-state index contributed by atoms with van der Waals surface area (Å²) in [4.78, 5) is 16.1. The molecule has 3 N–H and O–H groups in total. The third-order valence-corrected chi connectivity index (χ3v) is 3.17. The number of nitrogens with zero attached hydrogens (tertiary/aromatic N) is 1. The van der Waals surface area contributed by atoms with E-state index >= 15 is 0 Å². The van der Waals surface area contributed by atoms with E-state index in [-0.39, 0.29) is 5.91 Å². The van der Waals surface area contributed by atoms with Crippen LogP contribution in [0.15, 0.2) is 23.6 Å². The number of thiazole rings is 1. The summed E-state index contributed by atoms with van der Waals surface area (Å²) in [7, 11) is 0. The zero-order valence-corrected chi connectivity index (χ0v) is 10.5. The monoisotopic (exact) mass is 247 g/mol. The van der Waals surface area contributed by atoms with Crippen LogP contribution in [0.3, 0.4) is 0 Å². The maximum Gasteiger partial charge on any atom is 0.259 e. The first-order chi connectivity index (χ1) is 8.06. The van der Waals surface area contributed by atoms with Gasteiger partial charge < -0.3 is 5.73 Å². The van der Waals surface area contributed by atoms with Crippen molar-refractivity contribution in [1.29, 1.82) is 0 Å². The Labute approximate surface area is 103 Å². The Morgan fingerprint density at radius 1 is 1.41 bits per heavy atom. The van der Waals surface area contributed by atoms with Gasteiger partial charge >= 0.3 is 0 Å². The number of aromatic nitrogens is 1. The number of carbonyl (C=O) groups excluding carboxylic acids is 1. The Kier molecular flexibility index (Phi) is 3.10. The third kappa shape index (κ3) is 2.62. The van der Waals surface area contributed by atoms with Gasteiger partial charge in [-0.05, 0) is 31.5 Å². The number of rotatable bonds is 2. The molecule has 2 aromatic rings. The number of amides is 1. The molecule has 0 spiro atoms. The number of hydrogen-bond donors (Lipinski definition) is 2. The van der Waals surface area contributed by atoms with Crippen molar-refractivity contribution >= 4 is 28.1 Å². The van der Waals surface area contributed by atoms with Crippen LogP contribution < -0.4 is 11.1 Å². The number of nitrogens with two attached hydrogens (primary N) is 1. The van der Waals surface area contributed by atoms with E-state index in [0.717, 1.165) is 11.3 Å². The van der Waals surface area contributed by atoms with Crippen LogP contribution in [0.4, 0.5) is 10.8 Å². The van der Waals surface area contributed by atoms with E-state index in [1.807, 2.05) is 25.3 Å². The lowest BCUT2D eigenvalue weighted by atomic mass is 10.1. The Bertz CT molecular complexity index is 563. The van der Waals surface area contributed by atoms with Gasteiger partial charge in [-0.3, -0.25) is 10.1 Å². The van der Waals surface area contributed by atoms with Crippen molar-refractivity contribution in [3.63, 3.8) is 0 Å². The minimum absolute atomic E-state index is 0.225. The van der Waals surface area contributed by atoms with Gasteiger partial charge in [-0.1, -0.05) is 6.07 Å². The van der Waals surface area contributed by atoms with Crippen molar-refractivity contribution in [3.05, 3.63) is 40.4 Å². The summed E-state index contributed by atoms with van der Waals surface area (Å²) in [5.74, 6) is -0.225. The number of carbonyl (C=O) groups is 1. The molecule has 1 amide bonds. The molecular weight excluding hydrogens is 234 g/mol. The topological polar surface area (TPSA) is 68.0 Å². The van der Waals surface area contributed by atoms with E-state index in [9.17, 15) is 4.79 Å². The lowest BCUT2D eigenvalue weighted by Crippen LogP contribution is -2.13. The van der Waals surface area contributed by atoms with Crippen molar-refractivity contribution in [2.24, 2.45) is 0 Å². The number of hydrogen-bond acceptors (Lipinski definition) is 4. The van der Waals surface area contributed by atoms with Crippen molar-refractivity contribution < 1.29 is 4.79 Å². The van der Waals surface area contributed by atoms with Gasteiger partial charge in [0.1, 0.15) is 0 Å². The minimum Gasteiger partial charge on any atom is -0.398 e. The molecular formula is C12H13N3OS. The van der Waals surface area contributed by atoms with Crippen molar-refractivity contribution in [1.82, 2.24) is 4.98 Å². The zero-order chi connectivity index (χ0) is 12.4. The van der Waals surface area contributed by atoms with E-state index < -0.39 is 0 Å². The second-order valence-electron chi connectivity index (χ2n) is 3.84. The van der Waals surface area contributed by atoms with Crippen LogP contribution in [0.1, 0.15) is 21.6 Å². The number of nitrogen functional groups attached to an aromatic ring is 1. The third-order valence-electron chi connectivity index (χ3n) is 2.29. The summed E-state index contributed by atoms with van der Waals surface area (Å²) < 4.78 is 0. The van der Waals surface area contributed by atoms with Gasteiger partial charge in [0.25, 0.3) is 5.91 Å². The summed E-state index contributed by atoms with van der Waals surface area (Å²) in [6.45, 7) is 3.81. The fraction of sp³-hybridized carbons (Fsp3) is 0.167. The van der Waals surface area contributed by atoms with Crippen molar-refractivity contribution in [2.75, 3.05) is 11.1 Å². The lowest BCUT2D eigenvalue weighted by molar-refractivity contribution is 0.102. The smallest absolute Gasteiger partial charge is 0.259 e. The largest absolute Gasteiger partial charge is 0.398 e. The quantitative estimate of drug-likeness (QED) is 0.801. The Morgan fingerprint density at radius 3 is 2.76 bits per heavy atom. The molecule has 0 atom stereocenters. The molecule has 88 valence electrons. The fourth-order valence-electron chi connectivity index (χ4n) is 1.46. The van der Waals surface area contributed by atoms with Gasteiger partial charge in [0, 0.05) is 11.1 Å². The first kappa shape index (κ1) is 11.6. The molecule has 1 aromatic carbocycles. The Morgan fingerprint density at radius 2 is 2.18 bits per heavy atom. The number of anilines is 2. The fourth-order valence-corrected chi connectivity index (χ4v) is 2.15. The van der Waals surface area contributed by atoms with Crippen LogP contribution in [-0.4, -0.2) is 10.9 Å². The van der Waals surface area contributed by atoms with E-state index in [0.29, 0.717) is 16.4 Å². The first-order valence-corrected chi connectivity index (χ1v) is 6.04. The average Bonchev–Trinajstić information content (AvgIpc) is 2.63. The van der Waals surface area contributed by atoms with Gasteiger partial charge in [-0.2, -0.15) is 0 Å². The summed E-state index contributed by atoms with van der Waals surface area (Å²) in [5.41, 5.74) is 8.68. The predicted octanol–water partition coefficient (Wildman–Crippen LogP) is 2.59. The molecule has 17 heavy (non-hydrogen) atoms. The Balaban J connectivity index is 2.20. The van der Waals surface area contributed by atoms with Crippen LogP contribution in [-0.2, 0) is 0 Å². The summed E-state index contributed by atoms with van der Waals surface area (Å²) in [6, 6.07) is 5.36. The highest BCUT2D eigenvalue weighted by atomic mass is 32.1. The molecule has 0 bridgehead atoms. The molecule has 0 radical (unpaired) electrons. The second-order valence-corrected chi connectivity index (χ2v) is 4.70. The van der Waals surface area contributed by atoms with Crippen LogP contribution in [0, 0.1) is 13.8 Å². The molecule has 0 aliphatic carbocycles. The van der Waals surface area contributed by atoms with E-state index in [1.54, 1.807) is 12.1 Å². The summed E-state index contributed by atoms with van der Waals surface area (Å²) in [5, 5.41) is 5.20. The highest BCUT2D eigenvalue weighted by molar-refractivity contribution is 7.13. The van der Waals surface area contributed by atoms with E-state index in [2.05, 4.69) is 10.3 Å². The maximum absolute atomic E-state index is 11.9. The molecule has 0 fully saturated rings. The standard InChI is InChI=1S/C12H13N3OS/c1-7-3-4-9(10(13)5-7)11(16)15-12-14-8(2)6-17-12/h3-6H,13H2,1-2H3,(H,14,15,16). The molecule has 1 heterocycles. The molecule has 5 heteroatoms. The number of aryl methyl sites for hydroxylation is 2. The Hall–Kier alpha value is -1.88. The summed E-state index contributed by atoms with van der Waals surface area (Å²) >= 11 is 1.40. The lowest BCUT2D eigenvalue weighted by Gasteiger charge is -2.05. The van der Waals surface area contributed by atoms with E-state index in [1.165, 1.54) is 11.3 Å². The molecule has 1 aromatic heterocycles. The van der Waals surface area contributed by atoms with Gasteiger partial charge in [-0.25, -0.2) is 4.98 Å². The van der Waals surface area contributed by atoms with E-state index in [4.69, 9.17) is 5.73 Å². The molecule has 4 nitrogen and oxygen atoms in total. The zero-order valence-electron chi connectivity index (χ0n) is 9.65. The highest BCUT2D eigenvalue weighted by Gasteiger charge is 2.11. The average molecular weight is 247 g/mol. The molecule has 0 aliphatic heterocycles. The van der Waals surface area contributed by atoms with Gasteiger partial charge in [-0.15, -0.1) is 11.3 Å². The molecule has 0 aliphatic rings. The minimum atomic E-state index is -0.225. The predicted molar refractivity (Wildman–Crippen MR) is 70.4 cm³/mol. The van der Waals surface area contributed by atoms with Crippen LogP contribution in [0.5, 0.6) is 0 Å². The normalized spacial score (nSPS) is 10.2. The molecule has 0 unspecified atom stereocenters. The highest BCUT2D eigenvalue weighted by Crippen LogP contribution is 2.18. The van der Waals surface area contributed by atoms with Crippen LogP contribution >= 0.6 is 11.3 Å². The van der Waals surface area contributed by atoms with Crippen LogP contribution in [0.25, 0.3) is 0 Å². The van der Waals surface area contributed by atoms with Crippen molar-refractivity contribution in [2.45, 2.75) is 13.8 Å².